The Balaban J connectivity index is 2.93. The van der Waals surface area contributed by atoms with E-state index in [0.717, 1.165) is 11.1 Å². The SMILES string of the molecule is CC(=O)Cc1ccc(F)cc1C. The number of Topliss-reactive ketones (excluding diaryl/α,β-unsaturated/α-hetero) is 1. The summed E-state index contributed by atoms with van der Waals surface area (Å²) in [5, 5.41) is 0. The zero-order valence-electron chi connectivity index (χ0n) is 7.23. The van der Waals surface area contributed by atoms with E-state index in [1.54, 1.807) is 13.0 Å². The van der Waals surface area contributed by atoms with Crippen LogP contribution in [0.4, 0.5) is 4.39 Å². The third kappa shape index (κ3) is 2.16. The second-order valence-electron chi connectivity index (χ2n) is 2.95. The van der Waals surface area contributed by atoms with Gasteiger partial charge in [0.25, 0.3) is 0 Å². The maximum atomic E-state index is 12.6. The highest BCUT2D eigenvalue weighted by molar-refractivity contribution is 5.78. The molecule has 12 heavy (non-hydrogen) atoms. The summed E-state index contributed by atoms with van der Waals surface area (Å²) in [6.45, 7) is 3.34. The lowest BCUT2D eigenvalue weighted by Gasteiger charge is -2.02. The Morgan fingerprint density at radius 3 is 2.67 bits per heavy atom. The molecule has 0 spiro atoms. The van der Waals surface area contributed by atoms with Crippen LogP contribution in [-0.4, -0.2) is 5.78 Å². The van der Waals surface area contributed by atoms with Crippen molar-refractivity contribution in [2.24, 2.45) is 0 Å². The van der Waals surface area contributed by atoms with Crippen LogP contribution in [0.1, 0.15) is 18.1 Å². The molecule has 64 valence electrons. The monoisotopic (exact) mass is 166 g/mol. The van der Waals surface area contributed by atoms with Gasteiger partial charge in [-0.05, 0) is 37.1 Å². The Bertz CT molecular complexity index is 305. The number of carbonyl (C=O) groups is 1. The van der Waals surface area contributed by atoms with Crippen molar-refractivity contribution in [1.29, 1.82) is 0 Å². The number of carbonyl (C=O) groups excluding carboxylic acids is 1. The molecule has 0 bridgehead atoms. The highest BCUT2D eigenvalue weighted by atomic mass is 19.1. The van der Waals surface area contributed by atoms with E-state index in [1.165, 1.54) is 19.1 Å². The minimum absolute atomic E-state index is 0.102. The molecular weight excluding hydrogens is 155 g/mol. The van der Waals surface area contributed by atoms with Crippen LogP contribution in [0.25, 0.3) is 0 Å². The third-order valence-corrected chi connectivity index (χ3v) is 1.74. The van der Waals surface area contributed by atoms with Crippen LogP contribution in [0, 0.1) is 12.7 Å². The first-order valence-electron chi connectivity index (χ1n) is 3.84. The van der Waals surface area contributed by atoms with Gasteiger partial charge in [-0.3, -0.25) is 4.79 Å². The molecule has 0 saturated carbocycles. The van der Waals surface area contributed by atoms with E-state index in [0.29, 0.717) is 6.42 Å². The van der Waals surface area contributed by atoms with E-state index in [-0.39, 0.29) is 11.6 Å². The number of hydrogen-bond donors (Lipinski definition) is 0. The molecule has 1 aromatic rings. The van der Waals surface area contributed by atoms with Gasteiger partial charge in [-0.15, -0.1) is 0 Å². The number of aryl methyl sites for hydroxylation is 1. The number of benzene rings is 1. The third-order valence-electron chi connectivity index (χ3n) is 1.74. The van der Waals surface area contributed by atoms with Crippen LogP contribution in [0.15, 0.2) is 18.2 Å². The Morgan fingerprint density at radius 2 is 2.17 bits per heavy atom. The summed E-state index contributed by atoms with van der Waals surface area (Å²) < 4.78 is 12.6. The normalized spacial score (nSPS) is 9.92. The molecule has 0 heterocycles. The summed E-state index contributed by atoms with van der Waals surface area (Å²) in [7, 11) is 0. The second-order valence-corrected chi connectivity index (χ2v) is 2.95. The van der Waals surface area contributed by atoms with Crippen molar-refractivity contribution >= 4 is 5.78 Å². The maximum Gasteiger partial charge on any atom is 0.134 e. The molecule has 2 heteroatoms. The standard InChI is InChI=1S/C10H11FO/c1-7-5-10(11)4-3-9(7)6-8(2)12/h3-5H,6H2,1-2H3. The Labute approximate surface area is 71.2 Å². The van der Waals surface area contributed by atoms with Gasteiger partial charge in [0, 0.05) is 6.42 Å². The molecule has 0 atom stereocenters. The van der Waals surface area contributed by atoms with Crippen molar-refractivity contribution in [3.63, 3.8) is 0 Å². The maximum absolute atomic E-state index is 12.6. The van der Waals surface area contributed by atoms with Crippen molar-refractivity contribution < 1.29 is 9.18 Å². The second kappa shape index (κ2) is 3.48. The lowest BCUT2D eigenvalue weighted by molar-refractivity contribution is -0.116. The Kier molecular flexibility index (Phi) is 2.58. The van der Waals surface area contributed by atoms with Crippen molar-refractivity contribution in [2.75, 3.05) is 0 Å². The molecule has 0 radical (unpaired) electrons. The molecule has 1 nitrogen and oxygen atoms in total. The quantitative estimate of drug-likeness (QED) is 0.658. The molecular formula is C10H11FO. The van der Waals surface area contributed by atoms with Gasteiger partial charge in [-0.1, -0.05) is 6.07 Å². The van der Waals surface area contributed by atoms with Crippen molar-refractivity contribution in [3.05, 3.63) is 35.1 Å². The number of rotatable bonds is 2. The minimum Gasteiger partial charge on any atom is -0.300 e. The van der Waals surface area contributed by atoms with E-state index in [1.807, 2.05) is 0 Å². The fourth-order valence-electron chi connectivity index (χ4n) is 1.13. The molecule has 1 aromatic carbocycles. The van der Waals surface area contributed by atoms with Gasteiger partial charge < -0.3 is 0 Å². The Hall–Kier alpha value is -1.18. The minimum atomic E-state index is -0.250. The van der Waals surface area contributed by atoms with E-state index in [2.05, 4.69) is 0 Å². The fraction of sp³-hybridized carbons (Fsp3) is 0.300. The average molecular weight is 166 g/mol. The summed E-state index contributed by atoms with van der Waals surface area (Å²) in [4.78, 5) is 10.8. The van der Waals surface area contributed by atoms with Crippen LogP contribution in [0.5, 0.6) is 0 Å². The number of hydrogen-bond acceptors (Lipinski definition) is 1. The summed E-state index contributed by atoms with van der Waals surface area (Å²) in [6, 6.07) is 4.48. The molecule has 0 fully saturated rings. The van der Waals surface area contributed by atoms with Crippen LogP contribution in [0.2, 0.25) is 0 Å². The van der Waals surface area contributed by atoms with Crippen LogP contribution >= 0.6 is 0 Å². The van der Waals surface area contributed by atoms with Crippen LogP contribution in [-0.2, 0) is 11.2 Å². The predicted molar refractivity (Wildman–Crippen MR) is 45.5 cm³/mol. The zero-order valence-corrected chi connectivity index (χ0v) is 7.23. The first-order chi connectivity index (χ1) is 5.59. The first kappa shape index (κ1) is 8.91. The van der Waals surface area contributed by atoms with Gasteiger partial charge in [-0.25, -0.2) is 4.39 Å². The van der Waals surface area contributed by atoms with E-state index < -0.39 is 0 Å². The van der Waals surface area contributed by atoms with E-state index >= 15 is 0 Å². The fourth-order valence-corrected chi connectivity index (χ4v) is 1.13. The summed E-state index contributed by atoms with van der Waals surface area (Å²) in [5.74, 6) is -0.149. The first-order valence-corrected chi connectivity index (χ1v) is 3.84. The number of ketones is 1. The lowest BCUT2D eigenvalue weighted by atomic mass is 10.0. The molecule has 0 aliphatic carbocycles. The molecule has 1 rings (SSSR count). The van der Waals surface area contributed by atoms with Gasteiger partial charge >= 0.3 is 0 Å². The highest BCUT2D eigenvalue weighted by Gasteiger charge is 2.01. The molecule has 0 amide bonds. The van der Waals surface area contributed by atoms with Crippen molar-refractivity contribution in [3.8, 4) is 0 Å². The van der Waals surface area contributed by atoms with Gasteiger partial charge in [0.15, 0.2) is 0 Å². The Morgan fingerprint density at radius 1 is 1.50 bits per heavy atom. The molecule has 0 N–H and O–H groups in total. The van der Waals surface area contributed by atoms with E-state index in [4.69, 9.17) is 0 Å². The highest BCUT2D eigenvalue weighted by Crippen LogP contribution is 2.10. The molecule has 0 saturated heterocycles. The van der Waals surface area contributed by atoms with Gasteiger partial charge in [-0.2, -0.15) is 0 Å². The van der Waals surface area contributed by atoms with Gasteiger partial charge in [0.2, 0.25) is 0 Å². The van der Waals surface area contributed by atoms with Gasteiger partial charge in [0.05, 0.1) is 0 Å². The van der Waals surface area contributed by atoms with Crippen LogP contribution in [0.3, 0.4) is 0 Å². The molecule has 0 aromatic heterocycles. The predicted octanol–water partition coefficient (Wildman–Crippen LogP) is 2.27. The average Bonchev–Trinajstić information content (AvgIpc) is 1.94. The van der Waals surface area contributed by atoms with Crippen LogP contribution < -0.4 is 0 Å². The van der Waals surface area contributed by atoms with Crippen molar-refractivity contribution in [1.82, 2.24) is 0 Å². The molecule has 0 unspecified atom stereocenters. The smallest absolute Gasteiger partial charge is 0.134 e. The topological polar surface area (TPSA) is 17.1 Å². The van der Waals surface area contributed by atoms with Gasteiger partial charge in [0.1, 0.15) is 11.6 Å². The lowest BCUT2D eigenvalue weighted by Crippen LogP contribution is -1.98. The van der Waals surface area contributed by atoms with Crippen molar-refractivity contribution in [2.45, 2.75) is 20.3 Å². The summed E-state index contributed by atoms with van der Waals surface area (Å²) in [6.07, 6.45) is 0.395. The van der Waals surface area contributed by atoms with E-state index in [9.17, 15) is 9.18 Å². The summed E-state index contributed by atoms with van der Waals surface area (Å²) >= 11 is 0. The molecule has 0 aliphatic rings. The number of halogens is 1. The summed E-state index contributed by atoms with van der Waals surface area (Å²) in [5.41, 5.74) is 1.74. The largest absolute Gasteiger partial charge is 0.300 e. The molecule has 0 aliphatic heterocycles. The zero-order chi connectivity index (χ0) is 9.14.